The van der Waals surface area contributed by atoms with Gasteiger partial charge in [0.05, 0.1) is 12.0 Å². The summed E-state index contributed by atoms with van der Waals surface area (Å²) in [4.78, 5) is 22.9. The number of nitriles is 1. The zero-order valence-corrected chi connectivity index (χ0v) is 17.2. The first-order chi connectivity index (χ1) is 13.8. The molecule has 0 unspecified atom stereocenters. The van der Waals surface area contributed by atoms with Gasteiger partial charge < -0.3 is 15.1 Å². The summed E-state index contributed by atoms with van der Waals surface area (Å²) in [5.74, 6) is -3.44. The Morgan fingerprint density at radius 2 is 1.52 bits per heavy atom. The Labute approximate surface area is 174 Å². The number of nitrogens with zero attached hydrogens (tertiary/aromatic N) is 2. The van der Waals surface area contributed by atoms with Crippen LogP contribution in [0.15, 0.2) is 58.3 Å². The Morgan fingerprint density at radius 1 is 1.00 bits per heavy atom. The van der Waals surface area contributed by atoms with Gasteiger partial charge in [-0.2, -0.15) is 5.26 Å². The third-order valence-corrected chi connectivity index (χ3v) is 5.82. The van der Waals surface area contributed by atoms with E-state index in [0.29, 0.717) is 0 Å². The molecule has 3 rings (SSSR count). The van der Waals surface area contributed by atoms with Crippen LogP contribution in [0.4, 0.5) is 0 Å². The summed E-state index contributed by atoms with van der Waals surface area (Å²) >= 11 is 1.80. The smallest absolute Gasteiger partial charge is 0.414 e. The summed E-state index contributed by atoms with van der Waals surface area (Å²) in [6.07, 6.45) is 2.15. The third-order valence-electron chi connectivity index (χ3n) is 4.64. The highest BCUT2D eigenvalue weighted by molar-refractivity contribution is 7.99. The molecule has 0 saturated carbocycles. The number of carboxylic acid groups (broad SMARTS) is 2. The zero-order valence-electron chi connectivity index (χ0n) is 16.4. The molecule has 6 nitrogen and oxygen atoms in total. The van der Waals surface area contributed by atoms with Crippen molar-refractivity contribution in [2.24, 2.45) is 0 Å². The molecule has 152 valence electrons. The fourth-order valence-electron chi connectivity index (χ4n) is 3.33. The van der Waals surface area contributed by atoms with Gasteiger partial charge in [-0.05, 0) is 56.7 Å². The predicted octanol–water partition coefficient (Wildman–Crippen LogP) is 4.04. The standard InChI is InChI=1S/C20H22N2S.C2H2O4/c1-22(2)13-7-10-15-16-8-3-5-11-19(16)23-20-12-6-4-9-17(20)18(15)14-21;3-1(4)2(5)6/h3-6,8-9,11-12,15,18H,7,10,13H2,1-2H3;(H,3,4)(H,5,6)/t15-,18-;/m0./s1. The lowest BCUT2D eigenvalue weighted by Crippen LogP contribution is -2.16. The van der Waals surface area contributed by atoms with Gasteiger partial charge in [-0.1, -0.05) is 48.2 Å². The molecule has 7 heteroatoms. The van der Waals surface area contributed by atoms with Crippen molar-refractivity contribution in [3.63, 3.8) is 0 Å². The van der Waals surface area contributed by atoms with E-state index >= 15 is 0 Å². The molecule has 0 aromatic heterocycles. The average Bonchev–Trinajstić information content (AvgIpc) is 2.82. The monoisotopic (exact) mass is 412 g/mol. The molecule has 0 amide bonds. The van der Waals surface area contributed by atoms with Gasteiger partial charge >= 0.3 is 11.9 Å². The Balaban J connectivity index is 0.000000438. The van der Waals surface area contributed by atoms with Crippen molar-refractivity contribution in [3.05, 3.63) is 59.7 Å². The van der Waals surface area contributed by atoms with Crippen molar-refractivity contribution in [1.82, 2.24) is 4.90 Å². The molecule has 2 N–H and O–H groups in total. The summed E-state index contributed by atoms with van der Waals surface area (Å²) in [6, 6.07) is 19.6. The molecule has 0 fully saturated rings. The minimum Gasteiger partial charge on any atom is -0.473 e. The van der Waals surface area contributed by atoms with Gasteiger partial charge in [0.25, 0.3) is 0 Å². The molecule has 1 aliphatic heterocycles. The van der Waals surface area contributed by atoms with Crippen LogP contribution >= 0.6 is 11.8 Å². The van der Waals surface area contributed by atoms with E-state index in [-0.39, 0.29) is 11.8 Å². The number of benzene rings is 2. The SMILES string of the molecule is CN(C)CCC[C@H]1c2ccccc2Sc2ccccc2[C@H]1C#N.O=C(O)C(=O)O. The molecule has 0 aliphatic carbocycles. The number of hydrogen-bond donors (Lipinski definition) is 2. The fraction of sp³-hybridized carbons (Fsp3) is 0.318. The lowest BCUT2D eigenvalue weighted by Gasteiger charge is -2.23. The fourth-order valence-corrected chi connectivity index (χ4v) is 4.51. The molecule has 0 spiro atoms. The molecule has 29 heavy (non-hydrogen) atoms. The molecule has 0 radical (unpaired) electrons. The molecule has 2 aromatic rings. The highest BCUT2D eigenvalue weighted by Crippen LogP contribution is 2.48. The minimum atomic E-state index is -1.82. The van der Waals surface area contributed by atoms with Gasteiger partial charge in [0, 0.05) is 15.7 Å². The van der Waals surface area contributed by atoms with Crippen LogP contribution in [0.1, 0.15) is 35.8 Å². The predicted molar refractivity (Wildman–Crippen MR) is 111 cm³/mol. The Kier molecular flexibility index (Phi) is 8.25. The van der Waals surface area contributed by atoms with Crippen molar-refractivity contribution in [2.45, 2.75) is 34.5 Å². The van der Waals surface area contributed by atoms with Crippen LogP contribution in [0.2, 0.25) is 0 Å². The van der Waals surface area contributed by atoms with Crippen LogP contribution in [0.5, 0.6) is 0 Å². The summed E-state index contributed by atoms with van der Waals surface area (Å²) in [7, 11) is 4.21. The van der Waals surface area contributed by atoms with E-state index in [0.717, 1.165) is 19.4 Å². The van der Waals surface area contributed by atoms with E-state index in [9.17, 15) is 5.26 Å². The normalized spacial score (nSPS) is 17.0. The quantitative estimate of drug-likeness (QED) is 0.731. The molecule has 1 heterocycles. The maximum absolute atomic E-state index is 9.90. The van der Waals surface area contributed by atoms with Gasteiger partial charge in [0.2, 0.25) is 0 Å². The lowest BCUT2D eigenvalue weighted by molar-refractivity contribution is -0.159. The summed E-state index contributed by atoms with van der Waals surface area (Å²) in [5, 5.41) is 24.7. The number of carbonyl (C=O) groups is 2. The van der Waals surface area contributed by atoms with E-state index in [4.69, 9.17) is 19.8 Å². The molecular weight excluding hydrogens is 388 g/mol. The van der Waals surface area contributed by atoms with Crippen LogP contribution in [0, 0.1) is 11.3 Å². The van der Waals surface area contributed by atoms with Crippen LogP contribution in [-0.2, 0) is 9.59 Å². The van der Waals surface area contributed by atoms with Crippen LogP contribution in [-0.4, -0.2) is 47.7 Å². The van der Waals surface area contributed by atoms with E-state index in [1.165, 1.54) is 20.9 Å². The summed E-state index contributed by atoms with van der Waals surface area (Å²) in [5.41, 5.74) is 2.52. The Morgan fingerprint density at radius 3 is 2.03 bits per heavy atom. The third kappa shape index (κ3) is 6.08. The van der Waals surface area contributed by atoms with Crippen molar-refractivity contribution >= 4 is 23.7 Å². The highest BCUT2D eigenvalue weighted by Gasteiger charge is 2.31. The van der Waals surface area contributed by atoms with Crippen molar-refractivity contribution in [2.75, 3.05) is 20.6 Å². The van der Waals surface area contributed by atoms with Gasteiger partial charge in [-0.15, -0.1) is 0 Å². The topological polar surface area (TPSA) is 102 Å². The molecule has 1 aliphatic rings. The number of fused-ring (bicyclic) bond motifs is 2. The second kappa shape index (κ2) is 10.6. The van der Waals surface area contributed by atoms with E-state index in [2.05, 4.69) is 73.6 Å². The lowest BCUT2D eigenvalue weighted by atomic mass is 9.79. The number of rotatable bonds is 4. The van der Waals surface area contributed by atoms with Crippen molar-refractivity contribution in [1.29, 1.82) is 5.26 Å². The van der Waals surface area contributed by atoms with E-state index < -0.39 is 11.9 Å². The maximum Gasteiger partial charge on any atom is 0.414 e. The van der Waals surface area contributed by atoms with E-state index in [1.807, 2.05) is 0 Å². The minimum absolute atomic E-state index is 0.0653. The Bertz CT molecular complexity index is 896. The number of aliphatic carboxylic acids is 2. The first-order valence-corrected chi connectivity index (χ1v) is 10.0. The van der Waals surface area contributed by atoms with Crippen LogP contribution in [0.25, 0.3) is 0 Å². The van der Waals surface area contributed by atoms with Crippen LogP contribution < -0.4 is 0 Å². The van der Waals surface area contributed by atoms with Crippen LogP contribution in [0.3, 0.4) is 0 Å². The number of hydrogen-bond acceptors (Lipinski definition) is 5. The molecule has 2 atom stereocenters. The summed E-state index contributed by atoms with van der Waals surface area (Å²) < 4.78 is 0. The number of carboxylic acids is 2. The second-order valence-electron chi connectivity index (χ2n) is 6.95. The second-order valence-corrected chi connectivity index (χ2v) is 8.03. The van der Waals surface area contributed by atoms with E-state index in [1.54, 1.807) is 11.8 Å². The molecular formula is C22H24N2O4S. The first-order valence-electron chi connectivity index (χ1n) is 9.21. The molecule has 0 saturated heterocycles. The largest absolute Gasteiger partial charge is 0.473 e. The Hall–Kier alpha value is -2.82. The molecule has 0 bridgehead atoms. The summed E-state index contributed by atoms with van der Waals surface area (Å²) in [6.45, 7) is 1.06. The molecule has 2 aromatic carbocycles. The average molecular weight is 413 g/mol. The highest BCUT2D eigenvalue weighted by atomic mass is 32.2. The van der Waals surface area contributed by atoms with Gasteiger partial charge in [-0.3, -0.25) is 0 Å². The first kappa shape index (κ1) is 22.5. The zero-order chi connectivity index (χ0) is 21.4. The van der Waals surface area contributed by atoms with Crippen molar-refractivity contribution in [3.8, 4) is 6.07 Å². The van der Waals surface area contributed by atoms with Gasteiger partial charge in [-0.25, -0.2) is 9.59 Å². The maximum atomic E-state index is 9.90. The van der Waals surface area contributed by atoms with Gasteiger partial charge in [0.1, 0.15) is 0 Å². The van der Waals surface area contributed by atoms with Gasteiger partial charge in [0.15, 0.2) is 0 Å². The van der Waals surface area contributed by atoms with Crippen molar-refractivity contribution < 1.29 is 19.8 Å².